The van der Waals surface area contributed by atoms with E-state index >= 15 is 0 Å². The molecule has 4 nitrogen and oxygen atoms in total. The van der Waals surface area contributed by atoms with E-state index in [9.17, 15) is 9.59 Å². The number of aromatic nitrogens is 1. The standard InChI is InChI=1S/C15H17ClN2O2/c1-4-11(19)12-14(20)9-6-5-7-10(16)13(9)18-15(12)17-8(2)3/h5-8H,4H2,1-3H3,(H2,17,18,20). The number of ketones is 1. The summed E-state index contributed by atoms with van der Waals surface area (Å²) in [5.41, 5.74) is 0.446. The van der Waals surface area contributed by atoms with Crippen molar-refractivity contribution >= 4 is 34.1 Å². The van der Waals surface area contributed by atoms with Crippen molar-refractivity contribution in [1.29, 1.82) is 0 Å². The van der Waals surface area contributed by atoms with Gasteiger partial charge in [0.2, 0.25) is 5.43 Å². The Balaban J connectivity index is 2.83. The van der Waals surface area contributed by atoms with Crippen LogP contribution in [0, 0.1) is 0 Å². The zero-order chi connectivity index (χ0) is 14.9. The summed E-state index contributed by atoms with van der Waals surface area (Å²) in [6.07, 6.45) is 0.280. The maximum atomic E-state index is 12.5. The minimum Gasteiger partial charge on any atom is -0.369 e. The Morgan fingerprint density at radius 3 is 2.70 bits per heavy atom. The molecule has 0 unspecified atom stereocenters. The number of hydrogen-bond acceptors (Lipinski definition) is 3. The fourth-order valence-corrected chi connectivity index (χ4v) is 2.34. The van der Waals surface area contributed by atoms with Crippen LogP contribution >= 0.6 is 11.6 Å². The monoisotopic (exact) mass is 292 g/mol. The topological polar surface area (TPSA) is 62.0 Å². The smallest absolute Gasteiger partial charge is 0.202 e. The number of anilines is 1. The number of fused-ring (bicyclic) bond motifs is 1. The second-order valence-corrected chi connectivity index (χ2v) is 5.35. The van der Waals surface area contributed by atoms with Crippen molar-refractivity contribution in [3.63, 3.8) is 0 Å². The number of carbonyl (C=O) groups is 1. The molecule has 1 aromatic carbocycles. The van der Waals surface area contributed by atoms with Gasteiger partial charge in [-0.15, -0.1) is 0 Å². The summed E-state index contributed by atoms with van der Waals surface area (Å²) >= 11 is 6.12. The van der Waals surface area contributed by atoms with Crippen LogP contribution in [0.3, 0.4) is 0 Å². The normalized spacial score (nSPS) is 11.1. The van der Waals surface area contributed by atoms with Crippen molar-refractivity contribution in [2.45, 2.75) is 33.2 Å². The molecule has 0 bridgehead atoms. The van der Waals surface area contributed by atoms with Crippen LogP contribution in [-0.2, 0) is 0 Å². The Labute approximate surface area is 122 Å². The number of para-hydroxylation sites is 1. The van der Waals surface area contributed by atoms with E-state index in [1.54, 1.807) is 25.1 Å². The molecule has 0 amide bonds. The predicted molar refractivity (Wildman–Crippen MR) is 83.0 cm³/mol. The second kappa shape index (κ2) is 5.67. The fraction of sp³-hybridized carbons (Fsp3) is 0.333. The molecule has 0 aliphatic rings. The first-order valence-corrected chi connectivity index (χ1v) is 6.97. The number of halogens is 1. The molecule has 0 aliphatic carbocycles. The Morgan fingerprint density at radius 2 is 2.10 bits per heavy atom. The molecule has 0 saturated carbocycles. The SMILES string of the molecule is CCC(=O)c1c(NC(C)C)[nH]c2c(Cl)cccc2c1=O. The molecule has 0 spiro atoms. The number of pyridine rings is 1. The first-order chi connectivity index (χ1) is 9.45. The highest BCUT2D eigenvalue weighted by Crippen LogP contribution is 2.23. The summed E-state index contributed by atoms with van der Waals surface area (Å²) in [7, 11) is 0. The average molecular weight is 293 g/mol. The number of benzene rings is 1. The number of carbonyl (C=O) groups excluding carboxylic acids is 1. The van der Waals surface area contributed by atoms with Crippen LogP contribution in [0.5, 0.6) is 0 Å². The minimum absolute atomic E-state index is 0.0917. The molecule has 2 aromatic rings. The number of rotatable bonds is 4. The number of nitrogens with one attached hydrogen (secondary N) is 2. The van der Waals surface area contributed by atoms with Crippen LogP contribution in [0.15, 0.2) is 23.0 Å². The summed E-state index contributed by atoms with van der Waals surface area (Å²) in [5.74, 6) is 0.258. The molecule has 0 saturated heterocycles. The molecule has 2 rings (SSSR count). The highest BCUT2D eigenvalue weighted by molar-refractivity contribution is 6.35. The van der Waals surface area contributed by atoms with E-state index in [1.165, 1.54) is 0 Å². The molecule has 2 N–H and O–H groups in total. The molecule has 1 aromatic heterocycles. The van der Waals surface area contributed by atoms with E-state index in [0.29, 0.717) is 21.7 Å². The van der Waals surface area contributed by atoms with E-state index in [4.69, 9.17) is 11.6 Å². The predicted octanol–water partition coefficient (Wildman–Crippen LogP) is 3.59. The molecular formula is C15H17ClN2O2. The van der Waals surface area contributed by atoms with Crippen LogP contribution in [0.1, 0.15) is 37.6 Å². The summed E-state index contributed by atoms with van der Waals surface area (Å²) in [6, 6.07) is 5.18. The molecule has 0 radical (unpaired) electrons. The summed E-state index contributed by atoms with van der Waals surface area (Å²) < 4.78 is 0. The van der Waals surface area contributed by atoms with E-state index in [1.807, 2.05) is 13.8 Å². The van der Waals surface area contributed by atoms with Crippen LogP contribution in [0.4, 0.5) is 5.82 Å². The first-order valence-electron chi connectivity index (χ1n) is 6.60. The second-order valence-electron chi connectivity index (χ2n) is 4.94. The van der Waals surface area contributed by atoms with Gasteiger partial charge in [-0.05, 0) is 26.0 Å². The zero-order valence-electron chi connectivity index (χ0n) is 11.7. The van der Waals surface area contributed by atoms with E-state index in [-0.39, 0.29) is 29.2 Å². The van der Waals surface area contributed by atoms with E-state index < -0.39 is 0 Å². The largest absolute Gasteiger partial charge is 0.369 e. The van der Waals surface area contributed by atoms with Gasteiger partial charge in [0.25, 0.3) is 0 Å². The third kappa shape index (κ3) is 2.56. The highest BCUT2D eigenvalue weighted by atomic mass is 35.5. The van der Waals surface area contributed by atoms with Crippen LogP contribution in [-0.4, -0.2) is 16.8 Å². The maximum absolute atomic E-state index is 12.5. The molecule has 106 valence electrons. The van der Waals surface area contributed by atoms with Crippen molar-refractivity contribution in [2.24, 2.45) is 0 Å². The fourth-order valence-electron chi connectivity index (χ4n) is 2.12. The average Bonchev–Trinajstić information content (AvgIpc) is 2.39. The van der Waals surface area contributed by atoms with Crippen LogP contribution in [0.2, 0.25) is 5.02 Å². The van der Waals surface area contributed by atoms with Crippen LogP contribution in [0.25, 0.3) is 10.9 Å². The zero-order valence-corrected chi connectivity index (χ0v) is 12.5. The van der Waals surface area contributed by atoms with Crippen LogP contribution < -0.4 is 10.7 Å². The number of hydrogen-bond donors (Lipinski definition) is 2. The first kappa shape index (κ1) is 14.6. The van der Waals surface area contributed by atoms with Gasteiger partial charge in [-0.3, -0.25) is 9.59 Å². The van der Waals surface area contributed by atoms with Gasteiger partial charge in [-0.25, -0.2) is 0 Å². The summed E-state index contributed by atoms with van der Waals surface area (Å²) in [6.45, 7) is 5.62. The van der Waals surface area contributed by atoms with Crippen molar-refractivity contribution in [3.8, 4) is 0 Å². The minimum atomic E-state index is -0.281. The van der Waals surface area contributed by atoms with Crippen molar-refractivity contribution in [3.05, 3.63) is 39.0 Å². The molecule has 0 atom stereocenters. The molecule has 1 heterocycles. The third-order valence-electron chi connectivity index (χ3n) is 3.02. The van der Waals surface area contributed by atoms with Crippen molar-refractivity contribution in [1.82, 2.24) is 4.98 Å². The summed E-state index contributed by atoms with van der Waals surface area (Å²) in [4.78, 5) is 27.7. The van der Waals surface area contributed by atoms with Gasteiger partial charge in [0.15, 0.2) is 5.78 Å². The lowest BCUT2D eigenvalue weighted by Crippen LogP contribution is -2.22. The van der Waals surface area contributed by atoms with Crippen molar-refractivity contribution < 1.29 is 4.79 Å². The van der Waals surface area contributed by atoms with Gasteiger partial charge >= 0.3 is 0 Å². The van der Waals surface area contributed by atoms with Gasteiger partial charge in [-0.1, -0.05) is 24.6 Å². The van der Waals surface area contributed by atoms with E-state index in [2.05, 4.69) is 10.3 Å². The Hall–Kier alpha value is -1.81. The molecular weight excluding hydrogens is 276 g/mol. The lowest BCUT2D eigenvalue weighted by molar-refractivity contribution is 0.0988. The lowest BCUT2D eigenvalue weighted by atomic mass is 10.1. The molecule has 0 aliphatic heterocycles. The number of H-pyrrole nitrogens is 1. The Bertz CT molecular complexity index is 720. The number of Topliss-reactive ketones (excluding diaryl/α,β-unsaturated/α-hetero) is 1. The van der Waals surface area contributed by atoms with Gasteiger partial charge < -0.3 is 10.3 Å². The Morgan fingerprint density at radius 1 is 1.40 bits per heavy atom. The molecule has 5 heteroatoms. The van der Waals surface area contributed by atoms with Gasteiger partial charge in [-0.2, -0.15) is 0 Å². The van der Waals surface area contributed by atoms with Gasteiger partial charge in [0, 0.05) is 17.8 Å². The van der Waals surface area contributed by atoms with Gasteiger partial charge in [0.1, 0.15) is 11.4 Å². The van der Waals surface area contributed by atoms with E-state index in [0.717, 1.165) is 0 Å². The maximum Gasteiger partial charge on any atom is 0.202 e. The number of aromatic amines is 1. The quantitative estimate of drug-likeness (QED) is 0.847. The van der Waals surface area contributed by atoms with Crippen molar-refractivity contribution in [2.75, 3.05) is 5.32 Å². The molecule has 0 fully saturated rings. The summed E-state index contributed by atoms with van der Waals surface area (Å²) in [5, 5.41) is 4.01. The highest BCUT2D eigenvalue weighted by Gasteiger charge is 2.19. The Kier molecular flexibility index (Phi) is 4.14. The third-order valence-corrected chi connectivity index (χ3v) is 3.33. The van der Waals surface area contributed by atoms with Gasteiger partial charge in [0.05, 0.1) is 10.5 Å². The molecule has 20 heavy (non-hydrogen) atoms. The lowest BCUT2D eigenvalue weighted by Gasteiger charge is -2.15.